The van der Waals surface area contributed by atoms with E-state index in [0.29, 0.717) is 12.3 Å². The molecule has 0 radical (unpaired) electrons. The lowest BCUT2D eigenvalue weighted by atomic mass is 10.0. The average Bonchev–Trinajstić information content (AvgIpc) is 2.97. The molecule has 1 aliphatic rings. The topological polar surface area (TPSA) is 71.3 Å². The van der Waals surface area contributed by atoms with Crippen molar-refractivity contribution in [2.45, 2.75) is 32.1 Å². The Labute approximate surface area is 99.5 Å². The first-order chi connectivity index (χ1) is 8.25. The van der Waals surface area contributed by atoms with Crippen LogP contribution in [0.2, 0.25) is 0 Å². The fourth-order valence-corrected chi connectivity index (χ4v) is 2.12. The molecule has 1 fully saturated rings. The van der Waals surface area contributed by atoms with Crippen molar-refractivity contribution in [3.63, 3.8) is 0 Å². The third-order valence-corrected chi connectivity index (χ3v) is 3.01. The summed E-state index contributed by atoms with van der Waals surface area (Å²) in [6.45, 7) is 0. The maximum absolute atomic E-state index is 11.5. The van der Waals surface area contributed by atoms with Crippen LogP contribution in [0.15, 0.2) is 22.8 Å². The molecule has 1 saturated carbocycles. The second-order valence-electron chi connectivity index (χ2n) is 4.33. The molecule has 0 aromatic carbocycles. The highest BCUT2D eigenvalue weighted by Gasteiger charge is 2.18. The predicted octanol–water partition coefficient (Wildman–Crippen LogP) is 1.62. The number of amides is 2. The molecule has 2 amide bonds. The Kier molecular flexibility index (Phi) is 3.80. The Morgan fingerprint density at radius 3 is 2.71 bits per heavy atom. The summed E-state index contributed by atoms with van der Waals surface area (Å²) >= 11 is 0. The molecular weight excluding hydrogens is 220 g/mol. The predicted molar refractivity (Wildman–Crippen MR) is 60.9 cm³/mol. The van der Waals surface area contributed by atoms with Crippen molar-refractivity contribution in [1.82, 2.24) is 10.9 Å². The summed E-state index contributed by atoms with van der Waals surface area (Å²) in [6, 6.07) is 3.16. The highest BCUT2D eigenvalue weighted by molar-refractivity contribution is 5.92. The van der Waals surface area contributed by atoms with Gasteiger partial charge in [0.1, 0.15) is 0 Å². The van der Waals surface area contributed by atoms with Gasteiger partial charge >= 0.3 is 5.91 Å². The Morgan fingerprint density at radius 2 is 2.06 bits per heavy atom. The third kappa shape index (κ3) is 3.34. The number of carbonyl (C=O) groups is 2. The van der Waals surface area contributed by atoms with E-state index >= 15 is 0 Å². The summed E-state index contributed by atoms with van der Waals surface area (Å²) in [5.74, 6) is 0.0771. The van der Waals surface area contributed by atoms with Crippen molar-refractivity contribution in [2.24, 2.45) is 5.92 Å². The van der Waals surface area contributed by atoms with E-state index in [1.54, 1.807) is 12.1 Å². The molecule has 2 rings (SSSR count). The van der Waals surface area contributed by atoms with E-state index in [9.17, 15) is 9.59 Å². The molecule has 0 saturated heterocycles. The zero-order chi connectivity index (χ0) is 12.1. The van der Waals surface area contributed by atoms with E-state index < -0.39 is 5.91 Å². The van der Waals surface area contributed by atoms with E-state index in [1.807, 2.05) is 0 Å². The first kappa shape index (κ1) is 11.7. The molecule has 1 aliphatic carbocycles. The third-order valence-electron chi connectivity index (χ3n) is 3.01. The number of hydrogen-bond acceptors (Lipinski definition) is 3. The molecule has 1 aromatic rings. The molecule has 0 spiro atoms. The fourth-order valence-electron chi connectivity index (χ4n) is 2.12. The highest BCUT2D eigenvalue weighted by Crippen LogP contribution is 2.27. The monoisotopic (exact) mass is 236 g/mol. The van der Waals surface area contributed by atoms with Crippen LogP contribution in [0.1, 0.15) is 42.7 Å². The van der Waals surface area contributed by atoms with Gasteiger partial charge in [-0.15, -0.1) is 0 Å². The second-order valence-corrected chi connectivity index (χ2v) is 4.33. The first-order valence-corrected chi connectivity index (χ1v) is 5.88. The van der Waals surface area contributed by atoms with Crippen LogP contribution in [-0.4, -0.2) is 11.8 Å². The number of hydrazine groups is 1. The molecule has 17 heavy (non-hydrogen) atoms. The average molecular weight is 236 g/mol. The minimum absolute atomic E-state index is 0.142. The summed E-state index contributed by atoms with van der Waals surface area (Å²) in [7, 11) is 0. The fraction of sp³-hybridized carbons (Fsp3) is 0.500. The van der Waals surface area contributed by atoms with Gasteiger partial charge < -0.3 is 4.42 Å². The standard InChI is InChI=1S/C12H16N2O3/c15-11(8-9-4-1-2-5-9)13-14-12(16)10-6-3-7-17-10/h3,6-7,9H,1-2,4-5,8H2,(H,13,15)(H,14,16). The Morgan fingerprint density at radius 1 is 1.29 bits per heavy atom. The van der Waals surface area contributed by atoms with E-state index in [1.165, 1.54) is 19.1 Å². The van der Waals surface area contributed by atoms with Crippen molar-refractivity contribution < 1.29 is 14.0 Å². The minimum atomic E-state index is -0.435. The van der Waals surface area contributed by atoms with E-state index in [-0.39, 0.29) is 11.7 Å². The van der Waals surface area contributed by atoms with Gasteiger partial charge in [0, 0.05) is 6.42 Å². The van der Waals surface area contributed by atoms with Crippen LogP contribution in [0.25, 0.3) is 0 Å². The Hall–Kier alpha value is -1.78. The summed E-state index contributed by atoms with van der Waals surface area (Å²) in [4.78, 5) is 22.9. The van der Waals surface area contributed by atoms with Crippen LogP contribution >= 0.6 is 0 Å². The SMILES string of the molecule is O=C(CC1CCCC1)NNC(=O)c1ccco1. The lowest BCUT2D eigenvalue weighted by Gasteiger charge is -2.09. The molecule has 1 aromatic heterocycles. The van der Waals surface area contributed by atoms with Crippen molar-refractivity contribution >= 4 is 11.8 Å². The maximum Gasteiger partial charge on any atom is 0.305 e. The van der Waals surface area contributed by atoms with E-state index in [0.717, 1.165) is 12.8 Å². The summed E-state index contributed by atoms with van der Waals surface area (Å²) in [5.41, 5.74) is 4.73. The number of furan rings is 1. The van der Waals surface area contributed by atoms with E-state index in [2.05, 4.69) is 10.9 Å². The van der Waals surface area contributed by atoms with Crippen molar-refractivity contribution in [2.75, 3.05) is 0 Å². The molecular formula is C12H16N2O3. The molecule has 0 atom stereocenters. The van der Waals surface area contributed by atoms with E-state index in [4.69, 9.17) is 4.42 Å². The zero-order valence-electron chi connectivity index (χ0n) is 9.57. The van der Waals surface area contributed by atoms with Gasteiger partial charge in [0.15, 0.2) is 5.76 Å². The number of carbonyl (C=O) groups excluding carboxylic acids is 2. The smallest absolute Gasteiger partial charge is 0.305 e. The van der Waals surface area contributed by atoms with Crippen LogP contribution in [-0.2, 0) is 4.79 Å². The molecule has 5 heteroatoms. The van der Waals surface area contributed by atoms with Gasteiger partial charge in [0.25, 0.3) is 0 Å². The Bertz CT molecular complexity index is 380. The lowest BCUT2D eigenvalue weighted by Crippen LogP contribution is -2.42. The van der Waals surface area contributed by atoms with Crippen molar-refractivity contribution in [1.29, 1.82) is 0 Å². The minimum Gasteiger partial charge on any atom is -0.459 e. The van der Waals surface area contributed by atoms with Gasteiger partial charge in [-0.1, -0.05) is 12.8 Å². The molecule has 92 valence electrons. The van der Waals surface area contributed by atoms with Crippen molar-refractivity contribution in [3.05, 3.63) is 24.2 Å². The number of rotatable bonds is 3. The summed E-state index contributed by atoms with van der Waals surface area (Å²) in [5, 5.41) is 0. The molecule has 1 heterocycles. The van der Waals surface area contributed by atoms with Crippen molar-refractivity contribution in [3.8, 4) is 0 Å². The van der Waals surface area contributed by atoms with Crippen LogP contribution in [0.3, 0.4) is 0 Å². The Balaban J connectivity index is 1.70. The van der Waals surface area contributed by atoms with Gasteiger partial charge in [0.2, 0.25) is 5.91 Å². The van der Waals surface area contributed by atoms with Crippen LogP contribution in [0, 0.1) is 5.92 Å². The quantitative estimate of drug-likeness (QED) is 0.783. The second kappa shape index (κ2) is 5.52. The van der Waals surface area contributed by atoms with Gasteiger partial charge in [-0.25, -0.2) is 0 Å². The first-order valence-electron chi connectivity index (χ1n) is 5.88. The molecule has 0 bridgehead atoms. The van der Waals surface area contributed by atoms with Crippen LogP contribution < -0.4 is 10.9 Å². The van der Waals surface area contributed by atoms with Gasteiger partial charge in [0.05, 0.1) is 6.26 Å². The summed E-state index contributed by atoms with van der Waals surface area (Å²) in [6.07, 6.45) is 6.53. The van der Waals surface area contributed by atoms with Gasteiger partial charge in [-0.2, -0.15) is 0 Å². The van der Waals surface area contributed by atoms with Crippen LogP contribution in [0.5, 0.6) is 0 Å². The normalized spacial score (nSPS) is 15.8. The van der Waals surface area contributed by atoms with Crippen LogP contribution in [0.4, 0.5) is 0 Å². The highest BCUT2D eigenvalue weighted by atomic mass is 16.3. The molecule has 2 N–H and O–H groups in total. The van der Waals surface area contributed by atoms with Gasteiger partial charge in [-0.3, -0.25) is 20.4 Å². The van der Waals surface area contributed by atoms with Gasteiger partial charge in [-0.05, 0) is 30.9 Å². The largest absolute Gasteiger partial charge is 0.459 e. The molecule has 0 unspecified atom stereocenters. The maximum atomic E-state index is 11.5. The lowest BCUT2D eigenvalue weighted by molar-refractivity contribution is -0.122. The summed E-state index contributed by atoms with van der Waals surface area (Å²) < 4.78 is 4.90. The number of nitrogens with one attached hydrogen (secondary N) is 2. The zero-order valence-corrected chi connectivity index (χ0v) is 9.57. The molecule has 0 aliphatic heterocycles. The molecule has 5 nitrogen and oxygen atoms in total. The number of hydrogen-bond donors (Lipinski definition) is 2.